The summed E-state index contributed by atoms with van der Waals surface area (Å²) in [5.74, 6) is -0.566. The van der Waals surface area contributed by atoms with Gasteiger partial charge in [0.1, 0.15) is 6.04 Å². The normalized spacial score (nSPS) is 29.8. The van der Waals surface area contributed by atoms with Gasteiger partial charge in [-0.25, -0.2) is 4.79 Å². The van der Waals surface area contributed by atoms with Crippen LogP contribution < -0.4 is 0 Å². The first-order chi connectivity index (χ1) is 7.13. The van der Waals surface area contributed by atoms with Crippen molar-refractivity contribution in [3.05, 3.63) is 11.8 Å². The first-order valence-electron chi connectivity index (χ1n) is 4.93. The van der Waals surface area contributed by atoms with E-state index in [0.717, 1.165) is 6.42 Å². The number of nitrogens with zero attached hydrogens (tertiary/aromatic N) is 1. The van der Waals surface area contributed by atoms with Gasteiger partial charge >= 0.3 is 5.97 Å². The molecule has 2 rings (SSSR count). The lowest BCUT2D eigenvalue weighted by Crippen LogP contribution is -2.46. The van der Waals surface area contributed by atoms with Crippen LogP contribution in [0.5, 0.6) is 0 Å². The minimum absolute atomic E-state index is 0.0494. The number of amides is 1. The highest BCUT2D eigenvalue weighted by atomic mass is 16.5. The number of esters is 1. The first-order valence-corrected chi connectivity index (χ1v) is 4.93. The van der Waals surface area contributed by atoms with Crippen LogP contribution in [0.25, 0.3) is 0 Å². The Kier molecular flexibility index (Phi) is 2.38. The van der Waals surface area contributed by atoms with Gasteiger partial charge in [-0.1, -0.05) is 0 Å². The van der Waals surface area contributed by atoms with Gasteiger partial charge in [0.2, 0.25) is 0 Å². The van der Waals surface area contributed by atoms with Crippen molar-refractivity contribution < 1.29 is 19.4 Å². The van der Waals surface area contributed by atoms with E-state index in [4.69, 9.17) is 0 Å². The molecule has 1 N–H and O–H groups in total. The summed E-state index contributed by atoms with van der Waals surface area (Å²) < 4.78 is 4.64. The maximum Gasteiger partial charge on any atom is 0.328 e. The Hall–Kier alpha value is -1.52. The van der Waals surface area contributed by atoms with Crippen LogP contribution in [0.3, 0.4) is 0 Å². The van der Waals surface area contributed by atoms with Gasteiger partial charge < -0.3 is 14.7 Å². The van der Waals surface area contributed by atoms with Crippen LogP contribution in [0.1, 0.15) is 19.3 Å². The van der Waals surface area contributed by atoms with Crippen LogP contribution in [-0.2, 0) is 14.3 Å². The van der Waals surface area contributed by atoms with Gasteiger partial charge in [-0.05, 0) is 12.8 Å². The molecule has 0 bridgehead atoms. The van der Waals surface area contributed by atoms with Gasteiger partial charge in [0, 0.05) is 18.5 Å². The van der Waals surface area contributed by atoms with Crippen LogP contribution >= 0.6 is 0 Å². The summed E-state index contributed by atoms with van der Waals surface area (Å²) in [6.07, 6.45) is 2.98. The van der Waals surface area contributed by atoms with E-state index in [1.165, 1.54) is 18.1 Å². The summed E-state index contributed by atoms with van der Waals surface area (Å²) in [5.41, 5.74) is 0. The number of hydrogen-bond donors (Lipinski definition) is 1. The van der Waals surface area contributed by atoms with Gasteiger partial charge in [0.05, 0.1) is 12.9 Å². The molecule has 1 amide bonds. The minimum atomic E-state index is -0.475. The monoisotopic (exact) mass is 211 g/mol. The van der Waals surface area contributed by atoms with Gasteiger partial charge in [0.25, 0.3) is 5.91 Å². The molecule has 0 aromatic rings. The largest absolute Gasteiger partial charge is 0.512 e. The molecule has 0 aromatic carbocycles. The molecule has 0 aromatic heterocycles. The molecule has 0 aliphatic carbocycles. The third-order valence-corrected chi connectivity index (χ3v) is 2.97. The van der Waals surface area contributed by atoms with E-state index in [-0.39, 0.29) is 23.7 Å². The summed E-state index contributed by atoms with van der Waals surface area (Å²) >= 11 is 0. The summed E-state index contributed by atoms with van der Waals surface area (Å²) in [6.45, 7) is 0. The van der Waals surface area contributed by atoms with Crippen LogP contribution in [0.4, 0.5) is 0 Å². The summed E-state index contributed by atoms with van der Waals surface area (Å²) in [6, 6.07) is -0.525. The zero-order valence-electron chi connectivity index (χ0n) is 8.47. The number of carbonyl (C=O) groups is 2. The van der Waals surface area contributed by atoms with E-state index in [2.05, 4.69) is 4.74 Å². The summed E-state index contributed by atoms with van der Waals surface area (Å²) in [4.78, 5) is 24.5. The zero-order valence-corrected chi connectivity index (χ0v) is 8.47. The van der Waals surface area contributed by atoms with E-state index in [1.807, 2.05) is 0 Å². The number of fused-ring (bicyclic) bond motifs is 1. The van der Waals surface area contributed by atoms with E-state index >= 15 is 0 Å². The number of carbonyl (C=O) groups excluding carboxylic acids is 2. The molecule has 2 aliphatic rings. The van der Waals surface area contributed by atoms with Gasteiger partial charge in [-0.2, -0.15) is 0 Å². The number of hydrogen-bond acceptors (Lipinski definition) is 4. The molecule has 0 radical (unpaired) electrons. The molecule has 0 saturated carbocycles. The Labute approximate surface area is 87.3 Å². The Morgan fingerprint density at radius 2 is 2.33 bits per heavy atom. The molecule has 1 unspecified atom stereocenters. The second-order valence-corrected chi connectivity index (χ2v) is 3.86. The minimum Gasteiger partial charge on any atom is -0.512 e. The standard InChI is InChI=1S/C10H13NO4/c1-15-10(14)8-3-2-6-4-7(12)5-9(13)11(6)8/h5-6,8,12H,2-4H2,1H3/t6?,8-/m0/s1. The second-order valence-electron chi connectivity index (χ2n) is 3.86. The summed E-state index contributed by atoms with van der Waals surface area (Å²) in [7, 11) is 1.32. The Morgan fingerprint density at radius 3 is 3.00 bits per heavy atom. The fourth-order valence-corrected chi connectivity index (χ4v) is 2.30. The van der Waals surface area contributed by atoms with Crippen molar-refractivity contribution in [1.29, 1.82) is 0 Å². The van der Waals surface area contributed by atoms with Crippen LogP contribution in [0, 0.1) is 0 Å². The maximum absolute atomic E-state index is 11.6. The molecule has 2 heterocycles. The Bertz CT molecular complexity index is 336. The smallest absolute Gasteiger partial charge is 0.328 e. The van der Waals surface area contributed by atoms with Crippen molar-refractivity contribution in [3.8, 4) is 0 Å². The molecule has 2 atom stereocenters. The first kappa shape index (κ1) is 10.0. The zero-order chi connectivity index (χ0) is 11.0. The molecular weight excluding hydrogens is 198 g/mol. The fraction of sp³-hybridized carbons (Fsp3) is 0.600. The number of aliphatic hydroxyl groups is 1. The van der Waals surface area contributed by atoms with Crippen LogP contribution in [0.15, 0.2) is 11.8 Å². The van der Waals surface area contributed by atoms with Gasteiger partial charge in [-0.3, -0.25) is 4.79 Å². The third-order valence-electron chi connectivity index (χ3n) is 2.97. The van der Waals surface area contributed by atoms with Crippen molar-refractivity contribution in [2.75, 3.05) is 7.11 Å². The predicted molar refractivity (Wildman–Crippen MR) is 51.0 cm³/mol. The van der Waals surface area contributed by atoms with E-state index in [9.17, 15) is 14.7 Å². The van der Waals surface area contributed by atoms with E-state index < -0.39 is 6.04 Å². The second kappa shape index (κ2) is 3.56. The van der Waals surface area contributed by atoms with Crippen LogP contribution in [0.2, 0.25) is 0 Å². The lowest BCUT2D eigenvalue weighted by atomic mass is 10.1. The highest BCUT2D eigenvalue weighted by Crippen LogP contribution is 2.31. The van der Waals surface area contributed by atoms with Crippen molar-refractivity contribution in [2.45, 2.75) is 31.3 Å². The molecule has 2 aliphatic heterocycles. The lowest BCUT2D eigenvalue weighted by molar-refractivity contribution is -0.151. The predicted octanol–water partition coefficient (Wildman–Crippen LogP) is 0.365. The number of aliphatic hydroxyl groups excluding tert-OH is 1. The average Bonchev–Trinajstić information content (AvgIpc) is 2.60. The SMILES string of the molecule is COC(=O)[C@@H]1CCC2CC(O)=CC(=O)N21. The Morgan fingerprint density at radius 1 is 1.60 bits per heavy atom. The van der Waals surface area contributed by atoms with E-state index in [0.29, 0.717) is 12.8 Å². The third kappa shape index (κ3) is 1.58. The van der Waals surface area contributed by atoms with Crippen molar-refractivity contribution in [2.24, 2.45) is 0 Å². The fourth-order valence-electron chi connectivity index (χ4n) is 2.30. The summed E-state index contributed by atoms with van der Waals surface area (Å²) in [5, 5.41) is 9.31. The molecule has 15 heavy (non-hydrogen) atoms. The highest BCUT2D eigenvalue weighted by Gasteiger charge is 2.43. The molecule has 0 spiro atoms. The van der Waals surface area contributed by atoms with Gasteiger partial charge in [0.15, 0.2) is 0 Å². The van der Waals surface area contributed by atoms with Crippen LogP contribution in [-0.4, -0.2) is 41.1 Å². The molecule has 82 valence electrons. The average molecular weight is 211 g/mol. The number of methoxy groups -OCH3 is 1. The molecule has 5 nitrogen and oxygen atoms in total. The van der Waals surface area contributed by atoms with E-state index in [1.54, 1.807) is 0 Å². The highest BCUT2D eigenvalue weighted by molar-refractivity contribution is 5.93. The van der Waals surface area contributed by atoms with Crippen molar-refractivity contribution >= 4 is 11.9 Å². The number of rotatable bonds is 1. The Balaban J connectivity index is 2.22. The molecular formula is C10H13NO4. The molecule has 1 saturated heterocycles. The molecule has 5 heteroatoms. The maximum atomic E-state index is 11.6. The lowest BCUT2D eigenvalue weighted by Gasteiger charge is -2.30. The van der Waals surface area contributed by atoms with Gasteiger partial charge in [-0.15, -0.1) is 0 Å². The topological polar surface area (TPSA) is 66.8 Å². The van der Waals surface area contributed by atoms with Crippen molar-refractivity contribution in [1.82, 2.24) is 4.90 Å². The van der Waals surface area contributed by atoms with Crippen molar-refractivity contribution in [3.63, 3.8) is 0 Å². The molecule has 1 fully saturated rings. The quantitative estimate of drug-likeness (QED) is 0.636. The number of ether oxygens (including phenoxy) is 1.